The number of hydrogen-bond donors (Lipinski definition) is 1. The molecule has 0 fully saturated rings. The van der Waals surface area contributed by atoms with Gasteiger partial charge in [0.1, 0.15) is 10.8 Å². The maximum absolute atomic E-state index is 12.3. The van der Waals surface area contributed by atoms with Crippen LogP contribution >= 0.6 is 38.6 Å². The van der Waals surface area contributed by atoms with Crippen molar-refractivity contribution in [3.8, 4) is 15.6 Å². The van der Waals surface area contributed by atoms with Crippen LogP contribution in [0.15, 0.2) is 27.5 Å². The summed E-state index contributed by atoms with van der Waals surface area (Å²) in [5.74, 6) is 0.741. The molecule has 0 saturated carbocycles. The zero-order valence-electron chi connectivity index (χ0n) is 14.6. The molecule has 0 aromatic carbocycles. The van der Waals surface area contributed by atoms with Gasteiger partial charge in [-0.3, -0.25) is 9.78 Å². The maximum atomic E-state index is 12.3. The summed E-state index contributed by atoms with van der Waals surface area (Å²) in [6.45, 7) is 4.27. The third-order valence-corrected chi connectivity index (χ3v) is 6.63. The van der Waals surface area contributed by atoms with Crippen LogP contribution in [0.4, 0.5) is 0 Å². The smallest absolute Gasteiger partial charge is 0.226 e. The highest BCUT2D eigenvalue weighted by atomic mass is 79.9. The maximum Gasteiger partial charge on any atom is 0.226 e. The minimum atomic E-state index is -0.0741. The molecule has 0 bridgehead atoms. The molecule has 0 atom stereocenters. The number of nitrogens with zero attached hydrogens (tertiary/aromatic N) is 2. The second-order valence-electron chi connectivity index (χ2n) is 5.77. The molecule has 1 N–H and O–H groups in total. The number of thiophene rings is 1. The lowest BCUT2D eigenvalue weighted by molar-refractivity contribution is -0.120. The third kappa shape index (κ3) is 4.31. The minimum Gasteiger partial charge on any atom is -0.496 e. The molecule has 1 amide bonds. The van der Waals surface area contributed by atoms with Crippen molar-refractivity contribution in [3.05, 3.63) is 50.0 Å². The van der Waals surface area contributed by atoms with E-state index in [1.165, 1.54) is 0 Å². The molecule has 0 radical (unpaired) electrons. The van der Waals surface area contributed by atoms with Crippen molar-refractivity contribution < 1.29 is 9.53 Å². The van der Waals surface area contributed by atoms with Crippen molar-refractivity contribution in [2.45, 2.75) is 26.8 Å². The van der Waals surface area contributed by atoms with Crippen molar-refractivity contribution in [2.75, 3.05) is 7.11 Å². The van der Waals surface area contributed by atoms with Gasteiger partial charge in [0, 0.05) is 32.6 Å². The van der Waals surface area contributed by atoms with Crippen LogP contribution < -0.4 is 10.1 Å². The molecule has 0 aliphatic rings. The molecule has 0 spiro atoms. The topological polar surface area (TPSA) is 64.1 Å². The lowest BCUT2D eigenvalue weighted by atomic mass is 10.1. The van der Waals surface area contributed by atoms with Gasteiger partial charge in [0.2, 0.25) is 5.91 Å². The third-order valence-electron chi connectivity index (χ3n) is 3.87. The van der Waals surface area contributed by atoms with Gasteiger partial charge in [0.05, 0.1) is 36.3 Å². The Labute approximate surface area is 168 Å². The summed E-state index contributed by atoms with van der Waals surface area (Å²) >= 11 is 6.63. The van der Waals surface area contributed by atoms with Crippen molar-refractivity contribution in [1.29, 1.82) is 0 Å². The van der Waals surface area contributed by atoms with E-state index in [1.807, 2.05) is 30.7 Å². The van der Waals surface area contributed by atoms with Gasteiger partial charge in [-0.1, -0.05) is 0 Å². The van der Waals surface area contributed by atoms with Crippen molar-refractivity contribution in [3.63, 3.8) is 0 Å². The lowest BCUT2D eigenvalue weighted by Crippen LogP contribution is -2.25. The molecule has 3 heterocycles. The van der Waals surface area contributed by atoms with Crippen LogP contribution in [0.25, 0.3) is 9.88 Å². The van der Waals surface area contributed by atoms with Crippen LogP contribution in [0, 0.1) is 13.8 Å². The van der Waals surface area contributed by atoms with E-state index >= 15 is 0 Å². The SMILES string of the molecule is COc1c(C)cnc(CNC(=O)Cc2csc(-c3cc(Br)cs3)n2)c1C. The first-order valence-corrected chi connectivity index (χ1v) is 10.5. The van der Waals surface area contributed by atoms with Gasteiger partial charge in [-0.15, -0.1) is 22.7 Å². The first-order chi connectivity index (χ1) is 12.5. The molecule has 0 aliphatic heterocycles. The Kier molecular flexibility index (Phi) is 6.05. The quantitative estimate of drug-likeness (QED) is 0.598. The Balaban J connectivity index is 1.61. The lowest BCUT2D eigenvalue weighted by Gasteiger charge is -2.12. The Morgan fingerprint density at radius 2 is 2.12 bits per heavy atom. The summed E-state index contributed by atoms with van der Waals surface area (Å²) in [5, 5.41) is 7.80. The van der Waals surface area contributed by atoms with Gasteiger partial charge >= 0.3 is 0 Å². The summed E-state index contributed by atoms with van der Waals surface area (Å²) < 4.78 is 6.45. The van der Waals surface area contributed by atoms with Crippen molar-refractivity contribution in [2.24, 2.45) is 0 Å². The number of nitrogens with one attached hydrogen (secondary N) is 1. The van der Waals surface area contributed by atoms with E-state index in [0.717, 1.165) is 42.6 Å². The molecule has 3 aromatic heterocycles. The number of pyridine rings is 1. The Bertz CT molecular complexity index is 936. The molecule has 3 rings (SSSR count). The second-order valence-corrected chi connectivity index (χ2v) is 8.46. The number of thiazole rings is 1. The van der Waals surface area contributed by atoms with E-state index in [-0.39, 0.29) is 12.3 Å². The molecule has 5 nitrogen and oxygen atoms in total. The predicted octanol–water partition coefficient (Wildman–Crippen LogP) is 4.51. The highest BCUT2D eigenvalue weighted by Crippen LogP contribution is 2.32. The molecule has 8 heteroatoms. The molecule has 0 aliphatic carbocycles. The number of carbonyl (C=O) groups excluding carboxylic acids is 1. The first-order valence-electron chi connectivity index (χ1n) is 7.92. The van der Waals surface area contributed by atoms with Crippen LogP contribution in [-0.2, 0) is 17.8 Å². The van der Waals surface area contributed by atoms with Crippen LogP contribution in [0.5, 0.6) is 5.75 Å². The standard InChI is InChI=1S/C18H18BrN3O2S2/c1-10-6-20-14(11(2)17(10)24-3)7-21-16(23)5-13-9-26-18(22-13)15-4-12(19)8-25-15/h4,6,8-9H,5,7H2,1-3H3,(H,21,23). The second kappa shape index (κ2) is 8.28. The van der Waals surface area contributed by atoms with E-state index in [0.29, 0.717) is 6.54 Å². The first kappa shape index (κ1) is 19.0. The van der Waals surface area contributed by atoms with Crippen LogP contribution in [0.2, 0.25) is 0 Å². The van der Waals surface area contributed by atoms with E-state index in [2.05, 4.69) is 31.2 Å². The van der Waals surface area contributed by atoms with Gasteiger partial charge in [-0.2, -0.15) is 0 Å². The highest BCUT2D eigenvalue weighted by Gasteiger charge is 2.13. The summed E-state index contributed by atoms with van der Waals surface area (Å²) in [7, 11) is 1.64. The summed E-state index contributed by atoms with van der Waals surface area (Å²) in [6.07, 6.45) is 2.02. The number of rotatable bonds is 6. The Morgan fingerprint density at radius 1 is 1.31 bits per heavy atom. The number of methoxy groups -OCH3 is 1. The zero-order chi connectivity index (χ0) is 18.7. The molecule has 0 saturated heterocycles. The average Bonchev–Trinajstić information content (AvgIpc) is 3.23. The summed E-state index contributed by atoms with van der Waals surface area (Å²) in [5.41, 5.74) is 3.52. The molecular weight excluding hydrogens is 434 g/mol. The van der Waals surface area contributed by atoms with Gasteiger partial charge in [-0.25, -0.2) is 4.98 Å². The number of hydrogen-bond acceptors (Lipinski definition) is 6. The van der Waals surface area contributed by atoms with Gasteiger partial charge < -0.3 is 10.1 Å². The van der Waals surface area contributed by atoms with Gasteiger partial charge in [0.15, 0.2) is 0 Å². The van der Waals surface area contributed by atoms with E-state index in [9.17, 15) is 4.79 Å². The fourth-order valence-electron chi connectivity index (χ4n) is 2.59. The highest BCUT2D eigenvalue weighted by molar-refractivity contribution is 9.10. The summed E-state index contributed by atoms with van der Waals surface area (Å²) in [6, 6.07) is 2.03. The number of ether oxygens (including phenoxy) is 1. The fraction of sp³-hybridized carbons (Fsp3) is 0.278. The predicted molar refractivity (Wildman–Crippen MR) is 109 cm³/mol. The van der Waals surface area contributed by atoms with Crippen LogP contribution in [-0.4, -0.2) is 23.0 Å². The zero-order valence-corrected chi connectivity index (χ0v) is 17.8. The number of aryl methyl sites for hydroxylation is 1. The van der Waals surface area contributed by atoms with E-state index < -0.39 is 0 Å². The van der Waals surface area contributed by atoms with E-state index in [1.54, 1.807) is 36.0 Å². The van der Waals surface area contributed by atoms with E-state index in [4.69, 9.17) is 4.74 Å². The number of amides is 1. The molecule has 136 valence electrons. The Hall–Kier alpha value is -1.77. The fourth-order valence-corrected chi connectivity index (χ4v) is 4.91. The molecular formula is C18H18BrN3O2S2. The van der Waals surface area contributed by atoms with Gasteiger partial charge in [0.25, 0.3) is 0 Å². The largest absolute Gasteiger partial charge is 0.496 e. The number of carbonyl (C=O) groups is 1. The molecule has 3 aromatic rings. The monoisotopic (exact) mass is 451 g/mol. The van der Waals surface area contributed by atoms with Gasteiger partial charge in [-0.05, 0) is 35.8 Å². The number of halogens is 1. The van der Waals surface area contributed by atoms with Crippen molar-refractivity contribution in [1.82, 2.24) is 15.3 Å². The molecule has 26 heavy (non-hydrogen) atoms. The Morgan fingerprint density at radius 3 is 2.81 bits per heavy atom. The normalized spacial score (nSPS) is 10.8. The minimum absolute atomic E-state index is 0.0741. The summed E-state index contributed by atoms with van der Waals surface area (Å²) in [4.78, 5) is 22.3. The average molecular weight is 452 g/mol. The number of aromatic nitrogens is 2. The van der Waals surface area contributed by atoms with Crippen molar-refractivity contribution >= 4 is 44.5 Å². The molecule has 0 unspecified atom stereocenters. The van der Waals surface area contributed by atoms with Crippen LogP contribution in [0.1, 0.15) is 22.5 Å². The van der Waals surface area contributed by atoms with Crippen LogP contribution in [0.3, 0.4) is 0 Å².